The molecule has 0 bridgehead atoms. The summed E-state index contributed by atoms with van der Waals surface area (Å²) < 4.78 is 12.7. The number of methoxy groups -OCH3 is 1. The van der Waals surface area contributed by atoms with Gasteiger partial charge in [-0.2, -0.15) is 0 Å². The predicted octanol–water partition coefficient (Wildman–Crippen LogP) is 7.65. The summed E-state index contributed by atoms with van der Waals surface area (Å²) in [4.78, 5) is 0. The third-order valence-electron chi connectivity index (χ3n) is 4.53. The zero-order valence-electron chi connectivity index (χ0n) is 18.0. The lowest BCUT2D eigenvalue weighted by Gasteiger charge is -2.34. The number of ether oxygens (including phenoxy) is 2. The molecule has 0 atom stereocenters. The highest BCUT2D eigenvalue weighted by molar-refractivity contribution is 9.10. The van der Waals surface area contributed by atoms with Crippen molar-refractivity contribution < 1.29 is 9.47 Å². The van der Waals surface area contributed by atoms with E-state index in [2.05, 4.69) is 55.9 Å². The SMILES string of the molecule is COc1ccc(Br)c(CNC(C)(C)CC(C)(C)C)c1OCc1c(Cl)cccc1Cl. The van der Waals surface area contributed by atoms with Gasteiger partial charge in [-0.25, -0.2) is 0 Å². The maximum atomic E-state index is 6.31. The van der Waals surface area contributed by atoms with Crippen LogP contribution in [0, 0.1) is 5.41 Å². The molecule has 0 aromatic heterocycles. The van der Waals surface area contributed by atoms with E-state index in [9.17, 15) is 0 Å². The minimum absolute atomic E-state index is 0.0376. The molecule has 29 heavy (non-hydrogen) atoms. The predicted molar refractivity (Wildman–Crippen MR) is 126 cm³/mol. The number of hydrogen-bond acceptors (Lipinski definition) is 3. The van der Waals surface area contributed by atoms with Gasteiger partial charge in [-0.3, -0.25) is 0 Å². The number of nitrogens with one attached hydrogen (secondary N) is 1. The molecule has 6 heteroatoms. The second-order valence-electron chi connectivity index (χ2n) is 9.02. The second kappa shape index (κ2) is 9.91. The van der Waals surface area contributed by atoms with Gasteiger partial charge in [0.25, 0.3) is 0 Å². The first-order valence-electron chi connectivity index (χ1n) is 9.59. The van der Waals surface area contributed by atoms with Crippen LogP contribution in [-0.4, -0.2) is 12.6 Å². The van der Waals surface area contributed by atoms with Crippen LogP contribution in [-0.2, 0) is 13.2 Å². The van der Waals surface area contributed by atoms with Crippen LogP contribution in [0.15, 0.2) is 34.8 Å². The Morgan fingerprint density at radius 1 is 0.966 bits per heavy atom. The Hall–Kier alpha value is -0.940. The van der Waals surface area contributed by atoms with E-state index in [0.29, 0.717) is 28.1 Å². The molecule has 160 valence electrons. The van der Waals surface area contributed by atoms with Gasteiger partial charge in [0.15, 0.2) is 11.5 Å². The Morgan fingerprint density at radius 2 is 1.59 bits per heavy atom. The summed E-state index contributed by atoms with van der Waals surface area (Å²) in [6.45, 7) is 12.1. The van der Waals surface area contributed by atoms with Crippen molar-refractivity contribution in [3.05, 3.63) is 56.0 Å². The zero-order chi connectivity index (χ0) is 21.8. The van der Waals surface area contributed by atoms with Crippen LogP contribution in [0.25, 0.3) is 0 Å². The average molecular weight is 503 g/mol. The van der Waals surface area contributed by atoms with Crippen LogP contribution >= 0.6 is 39.1 Å². The van der Waals surface area contributed by atoms with Gasteiger partial charge in [0.05, 0.1) is 7.11 Å². The summed E-state index contributed by atoms with van der Waals surface area (Å²) in [6.07, 6.45) is 1.03. The lowest BCUT2D eigenvalue weighted by Crippen LogP contribution is -2.42. The van der Waals surface area contributed by atoms with Crippen molar-refractivity contribution in [2.45, 2.75) is 59.7 Å². The third kappa shape index (κ3) is 7.06. The molecule has 1 N–H and O–H groups in total. The van der Waals surface area contributed by atoms with Gasteiger partial charge in [-0.05, 0) is 49.9 Å². The first-order chi connectivity index (χ1) is 13.4. The van der Waals surface area contributed by atoms with E-state index in [1.165, 1.54) is 0 Å². The van der Waals surface area contributed by atoms with E-state index in [0.717, 1.165) is 22.0 Å². The van der Waals surface area contributed by atoms with Gasteiger partial charge in [0.1, 0.15) is 6.61 Å². The Labute approximate surface area is 193 Å². The van der Waals surface area contributed by atoms with E-state index >= 15 is 0 Å². The van der Waals surface area contributed by atoms with Crippen LogP contribution in [0.3, 0.4) is 0 Å². The van der Waals surface area contributed by atoms with Gasteiger partial charge in [-0.15, -0.1) is 0 Å². The van der Waals surface area contributed by atoms with Gasteiger partial charge in [0, 0.05) is 37.7 Å². The first kappa shape index (κ1) is 24.3. The van der Waals surface area contributed by atoms with Gasteiger partial charge in [-0.1, -0.05) is 66.0 Å². The molecule has 0 radical (unpaired) electrons. The van der Waals surface area contributed by atoms with E-state index < -0.39 is 0 Å². The van der Waals surface area contributed by atoms with Crippen molar-refractivity contribution in [3.8, 4) is 11.5 Å². The van der Waals surface area contributed by atoms with E-state index in [1.54, 1.807) is 7.11 Å². The molecule has 0 fully saturated rings. The summed E-state index contributed by atoms with van der Waals surface area (Å²) in [5, 5.41) is 4.83. The number of halogens is 3. The number of rotatable bonds is 8. The monoisotopic (exact) mass is 501 g/mol. The van der Waals surface area contributed by atoms with Gasteiger partial charge in [0.2, 0.25) is 0 Å². The Morgan fingerprint density at radius 3 is 2.14 bits per heavy atom. The highest BCUT2D eigenvalue weighted by Gasteiger charge is 2.26. The molecular formula is C23H30BrCl2NO2. The van der Waals surface area contributed by atoms with Crippen LogP contribution in [0.2, 0.25) is 10.0 Å². The first-order valence-corrected chi connectivity index (χ1v) is 11.1. The summed E-state index contributed by atoms with van der Waals surface area (Å²) in [7, 11) is 1.64. The van der Waals surface area contributed by atoms with Gasteiger partial charge < -0.3 is 14.8 Å². The smallest absolute Gasteiger partial charge is 0.167 e. The van der Waals surface area contributed by atoms with Gasteiger partial charge >= 0.3 is 0 Å². The molecule has 0 amide bonds. The van der Waals surface area contributed by atoms with E-state index in [4.69, 9.17) is 32.7 Å². The normalized spacial score (nSPS) is 12.2. The molecule has 0 saturated carbocycles. The maximum absolute atomic E-state index is 6.31. The van der Waals surface area contributed by atoms with Crippen LogP contribution in [0.5, 0.6) is 11.5 Å². The minimum atomic E-state index is -0.0376. The fourth-order valence-corrected chi connectivity index (χ4v) is 4.56. The molecule has 3 nitrogen and oxygen atoms in total. The Bertz CT molecular complexity index is 827. The summed E-state index contributed by atoms with van der Waals surface area (Å²) in [5.41, 5.74) is 1.94. The molecule has 0 spiro atoms. The standard InChI is InChI=1S/C23H30BrCl2NO2/c1-22(2,3)14-23(4,5)27-12-15-17(24)10-11-20(28-6)21(15)29-13-16-18(25)8-7-9-19(16)26/h7-11,27H,12-14H2,1-6H3. The fraction of sp³-hybridized carbons (Fsp3) is 0.478. The lowest BCUT2D eigenvalue weighted by atomic mass is 9.81. The van der Waals surface area contributed by atoms with Crippen molar-refractivity contribution in [3.63, 3.8) is 0 Å². The van der Waals surface area contributed by atoms with Crippen molar-refractivity contribution in [1.29, 1.82) is 0 Å². The summed E-state index contributed by atoms with van der Waals surface area (Å²) >= 11 is 16.3. The zero-order valence-corrected chi connectivity index (χ0v) is 21.1. The fourth-order valence-electron chi connectivity index (χ4n) is 3.60. The molecule has 0 unspecified atom stereocenters. The van der Waals surface area contributed by atoms with E-state index in [1.807, 2.05) is 30.3 Å². The third-order valence-corrected chi connectivity index (χ3v) is 5.98. The number of hydrogen-bond donors (Lipinski definition) is 1. The Balaban J connectivity index is 2.28. The molecule has 0 aliphatic rings. The summed E-state index contributed by atoms with van der Waals surface area (Å²) in [5.74, 6) is 1.35. The quantitative estimate of drug-likeness (QED) is 0.402. The molecule has 2 aromatic rings. The largest absolute Gasteiger partial charge is 0.493 e. The minimum Gasteiger partial charge on any atom is -0.493 e. The van der Waals surface area contributed by atoms with E-state index in [-0.39, 0.29) is 17.6 Å². The molecule has 2 aromatic carbocycles. The second-order valence-corrected chi connectivity index (χ2v) is 10.7. The molecule has 0 aliphatic carbocycles. The van der Waals surface area contributed by atoms with Crippen LogP contribution in [0.1, 0.15) is 52.2 Å². The molecule has 0 heterocycles. The lowest BCUT2D eigenvalue weighted by molar-refractivity contribution is 0.237. The highest BCUT2D eigenvalue weighted by Crippen LogP contribution is 2.38. The highest BCUT2D eigenvalue weighted by atomic mass is 79.9. The average Bonchev–Trinajstić information content (AvgIpc) is 2.58. The Kier molecular flexibility index (Phi) is 8.32. The molecular weight excluding hydrogens is 473 g/mol. The molecule has 0 aliphatic heterocycles. The van der Waals surface area contributed by atoms with Crippen LogP contribution < -0.4 is 14.8 Å². The van der Waals surface area contributed by atoms with Crippen molar-refractivity contribution in [1.82, 2.24) is 5.32 Å². The maximum Gasteiger partial charge on any atom is 0.167 e. The summed E-state index contributed by atoms with van der Waals surface area (Å²) in [6, 6.07) is 9.30. The van der Waals surface area contributed by atoms with Crippen molar-refractivity contribution >= 4 is 39.1 Å². The molecule has 2 rings (SSSR count). The van der Waals surface area contributed by atoms with Crippen molar-refractivity contribution in [2.75, 3.05) is 7.11 Å². The number of benzene rings is 2. The van der Waals surface area contributed by atoms with Crippen molar-refractivity contribution in [2.24, 2.45) is 5.41 Å². The molecule has 0 saturated heterocycles. The van der Waals surface area contributed by atoms with Crippen LogP contribution in [0.4, 0.5) is 0 Å². The topological polar surface area (TPSA) is 30.5 Å².